The molecule has 0 aliphatic rings. The third-order valence-corrected chi connectivity index (χ3v) is 3.67. The summed E-state index contributed by atoms with van der Waals surface area (Å²) in [5.41, 5.74) is 8.45. The van der Waals surface area contributed by atoms with Gasteiger partial charge in [0.2, 0.25) is 5.95 Å². The molecule has 0 bridgehead atoms. The third-order valence-electron chi connectivity index (χ3n) is 2.87. The minimum Gasteiger partial charge on any atom is -0.369 e. The summed E-state index contributed by atoms with van der Waals surface area (Å²) in [5.74, 6) is 0.431. The Kier molecular flexibility index (Phi) is 3.16. The molecule has 0 aliphatic carbocycles. The molecule has 2 aromatic heterocycles. The zero-order valence-electron chi connectivity index (χ0n) is 9.85. The summed E-state index contributed by atoms with van der Waals surface area (Å²) >= 11 is 9.54. The van der Waals surface area contributed by atoms with Crippen molar-refractivity contribution in [3.05, 3.63) is 51.6 Å². The van der Waals surface area contributed by atoms with Crippen LogP contribution >= 0.6 is 27.5 Å². The molecule has 19 heavy (non-hydrogen) atoms. The number of anilines is 1. The Bertz CT molecular complexity index is 753. The first-order chi connectivity index (χ1) is 9.15. The van der Waals surface area contributed by atoms with Crippen LogP contribution in [0.4, 0.5) is 5.95 Å². The van der Waals surface area contributed by atoms with Gasteiger partial charge >= 0.3 is 0 Å². The van der Waals surface area contributed by atoms with Crippen LogP contribution in [0, 0.1) is 0 Å². The van der Waals surface area contributed by atoms with E-state index >= 15 is 0 Å². The Hall–Kier alpha value is -1.59. The van der Waals surface area contributed by atoms with Gasteiger partial charge in [-0.25, -0.2) is 9.97 Å². The maximum absolute atomic E-state index is 6.17. The molecule has 0 amide bonds. The minimum absolute atomic E-state index is 0.431. The van der Waals surface area contributed by atoms with E-state index in [2.05, 4.69) is 25.9 Å². The molecule has 4 nitrogen and oxygen atoms in total. The monoisotopic (exact) mass is 336 g/mol. The second kappa shape index (κ2) is 4.83. The molecule has 0 spiro atoms. The second-order valence-corrected chi connectivity index (χ2v) is 5.47. The number of hydrogen-bond donors (Lipinski definition) is 1. The molecule has 0 unspecified atom stereocenters. The zero-order chi connectivity index (χ0) is 13.4. The number of rotatable bonds is 2. The largest absolute Gasteiger partial charge is 0.369 e. The van der Waals surface area contributed by atoms with Gasteiger partial charge in [0, 0.05) is 15.7 Å². The van der Waals surface area contributed by atoms with Gasteiger partial charge in [0.1, 0.15) is 5.52 Å². The highest BCUT2D eigenvalue weighted by Gasteiger charge is 2.11. The smallest absolute Gasteiger partial charge is 0.202 e. The topological polar surface area (TPSA) is 56.7 Å². The van der Waals surface area contributed by atoms with Gasteiger partial charge in [-0.05, 0) is 33.6 Å². The molecule has 96 valence electrons. The van der Waals surface area contributed by atoms with Crippen LogP contribution in [0.5, 0.6) is 0 Å². The average molecular weight is 338 g/mol. The summed E-state index contributed by atoms with van der Waals surface area (Å²) in [6.45, 7) is 0.552. The predicted octanol–water partition coefficient (Wildman–Crippen LogP) is 3.48. The number of nitrogens with zero attached hydrogens (tertiary/aromatic N) is 3. The first-order valence-electron chi connectivity index (χ1n) is 5.66. The summed E-state index contributed by atoms with van der Waals surface area (Å²) in [6, 6.07) is 9.56. The van der Waals surface area contributed by atoms with E-state index in [1.165, 1.54) is 0 Å². The fourth-order valence-corrected chi connectivity index (χ4v) is 2.47. The van der Waals surface area contributed by atoms with Crippen LogP contribution in [0.15, 0.2) is 41.0 Å². The first kappa shape index (κ1) is 12.4. The van der Waals surface area contributed by atoms with Crippen molar-refractivity contribution >= 4 is 44.6 Å². The molecule has 0 radical (unpaired) electrons. The van der Waals surface area contributed by atoms with Crippen molar-refractivity contribution in [3.8, 4) is 0 Å². The molecule has 3 aromatic rings. The summed E-state index contributed by atoms with van der Waals surface area (Å²) in [7, 11) is 0. The van der Waals surface area contributed by atoms with Crippen molar-refractivity contribution in [2.45, 2.75) is 6.54 Å². The van der Waals surface area contributed by atoms with Gasteiger partial charge in [-0.3, -0.25) is 4.57 Å². The number of benzene rings is 1. The quantitative estimate of drug-likeness (QED) is 0.779. The van der Waals surface area contributed by atoms with E-state index in [1.807, 2.05) is 34.9 Å². The van der Waals surface area contributed by atoms with Crippen LogP contribution in [0.2, 0.25) is 5.02 Å². The van der Waals surface area contributed by atoms with Crippen LogP contribution in [-0.2, 0) is 6.54 Å². The first-order valence-corrected chi connectivity index (χ1v) is 6.83. The standard InChI is InChI=1S/C13H10BrClN4/c14-9-5-11-12(17-6-9)19(13(16)18-11)7-8-3-1-2-4-10(8)15/h1-6H,7H2,(H2,16,18). The summed E-state index contributed by atoms with van der Waals surface area (Å²) in [6.07, 6.45) is 1.73. The number of nitrogen functional groups attached to an aromatic ring is 1. The number of fused-ring (bicyclic) bond motifs is 1. The fraction of sp³-hybridized carbons (Fsp3) is 0.0769. The summed E-state index contributed by atoms with van der Waals surface area (Å²) in [5, 5.41) is 0.709. The van der Waals surface area contributed by atoms with Gasteiger partial charge in [-0.15, -0.1) is 0 Å². The summed E-state index contributed by atoms with van der Waals surface area (Å²) in [4.78, 5) is 8.66. The number of pyridine rings is 1. The molecular formula is C13H10BrClN4. The molecule has 0 atom stereocenters. The van der Waals surface area contributed by atoms with E-state index in [4.69, 9.17) is 17.3 Å². The molecule has 6 heteroatoms. The van der Waals surface area contributed by atoms with E-state index in [1.54, 1.807) is 6.20 Å². The van der Waals surface area contributed by atoms with Crippen LogP contribution in [0.1, 0.15) is 5.56 Å². The van der Waals surface area contributed by atoms with Crippen LogP contribution in [0.25, 0.3) is 11.2 Å². The van der Waals surface area contributed by atoms with Gasteiger partial charge in [-0.2, -0.15) is 0 Å². The lowest BCUT2D eigenvalue weighted by Crippen LogP contribution is -2.05. The normalized spacial score (nSPS) is 11.1. The van der Waals surface area contributed by atoms with Crippen molar-refractivity contribution in [2.75, 3.05) is 5.73 Å². The van der Waals surface area contributed by atoms with Crippen molar-refractivity contribution in [3.63, 3.8) is 0 Å². The highest BCUT2D eigenvalue weighted by atomic mass is 79.9. The maximum Gasteiger partial charge on any atom is 0.202 e. The Labute approximate surface area is 123 Å². The van der Waals surface area contributed by atoms with Crippen molar-refractivity contribution in [2.24, 2.45) is 0 Å². The van der Waals surface area contributed by atoms with E-state index in [0.29, 0.717) is 17.5 Å². The lowest BCUT2D eigenvalue weighted by Gasteiger charge is -2.07. The molecule has 0 saturated heterocycles. The van der Waals surface area contributed by atoms with Gasteiger partial charge in [0.25, 0.3) is 0 Å². The Morgan fingerprint density at radius 2 is 2.11 bits per heavy atom. The number of halogens is 2. The fourth-order valence-electron chi connectivity index (χ4n) is 1.96. The van der Waals surface area contributed by atoms with Crippen molar-refractivity contribution in [1.82, 2.24) is 14.5 Å². The van der Waals surface area contributed by atoms with E-state index in [-0.39, 0.29) is 0 Å². The molecular weight excluding hydrogens is 328 g/mol. The third kappa shape index (κ3) is 2.31. The Balaban J connectivity index is 2.10. The molecule has 2 N–H and O–H groups in total. The van der Waals surface area contributed by atoms with Crippen LogP contribution in [-0.4, -0.2) is 14.5 Å². The number of nitrogens with two attached hydrogens (primary N) is 1. The molecule has 2 heterocycles. The SMILES string of the molecule is Nc1nc2cc(Br)cnc2n1Cc1ccccc1Cl. The number of imidazole rings is 1. The van der Waals surface area contributed by atoms with Crippen LogP contribution in [0.3, 0.4) is 0 Å². The van der Waals surface area contributed by atoms with Gasteiger partial charge in [0.05, 0.1) is 6.54 Å². The van der Waals surface area contributed by atoms with Gasteiger partial charge in [0.15, 0.2) is 5.65 Å². The summed E-state index contributed by atoms with van der Waals surface area (Å²) < 4.78 is 2.73. The number of hydrogen-bond acceptors (Lipinski definition) is 3. The van der Waals surface area contributed by atoms with Gasteiger partial charge in [-0.1, -0.05) is 29.8 Å². The zero-order valence-corrected chi connectivity index (χ0v) is 12.2. The number of aromatic nitrogens is 3. The maximum atomic E-state index is 6.17. The molecule has 3 rings (SSSR count). The predicted molar refractivity (Wildman–Crippen MR) is 80.2 cm³/mol. The van der Waals surface area contributed by atoms with Gasteiger partial charge < -0.3 is 5.73 Å². The van der Waals surface area contributed by atoms with Crippen molar-refractivity contribution < 1.29 is 0 Å². The van der Waals surface area contributed by atoms with Crippen LogP contribution < -0.4 is 5.73 Å². The van der Waals surface area contributed by atoms with E-state index < -0.39 is 0 Å². The second-order valence-electron chi connectivity index (χ2n) is 4.14. The lowest BCUT2D eigenvalue weighted by molar-refractivity contribution is 0.828. The molecule has 0 aliphatic heterocycles. The minimum atomic E-state index is 0.431. The molecule has 0 fully saturated rings. The van der Waals surface area contributed by atoms with E-state index in [0.717, 1.165) is 21.2 Å². The average Bonchev–Trinajstić information content (AvgIpc) is 2.68. The Morgan fingerprint density at radius 3 is 2.89 bits per heavy atom. The highest BCUT2D eigenvalue weighted by molar-refractivity contribution is 9.10. The molecule has 0 saturated carbocycles. The lowest BCUT2D eigenvalue weighted by atomic mass is 10.2. The Morgan fingerprint density at radius 1 is 1.32 bits per heavy atom. The van der Waals surface area contributed by atoms with E-state index in [9.17, 15) is 0 Å². The van der Waals surface area contributed by atoms with Crippen molar-refractivity contribution in [1.29, 1.82) is 0 Å². The molecule has 1 aromatic carbocycles. The highest BCUT2D eigenvalue weighted by Crippen LogP contribution is 2.23.